The standard InChI is InChI=1S/C13H18N2O2/c1-3-4-9(14)7-13-15-11-8-10(16-2)5-6-12(11)17-13/h5-6,8-9H,3-4,7,14H2,1-2H3. The molecule has 0 saturated carbocycles. The highest BCUT2D eigenvalue weighted by molar-refractivity contribution is 5.74. The Labute approximate surface area is 101 Å². The van der Waals surface area contributed by atoms with E-state index in [1.54, 1.807) is 7.11 Å². The van der Waals surface area contributed by atoms with Gasteiger partial charge in [-0.3, -0.25) is 0 Å². The second kappa shape index (κ2) is 5.19. The molecule has 2 rings (SSSR count). The van der Waals surface area contributed by atoms with Crippen LogP contribution in [0.3, 0.4) is 0 Å². The average molecular weight is 234 g/mol. The molecule has 0 spiro atoms. The van der Waals surface area contributed by atoms with E-state index in [0.29, 0.717) is 12.3 Å². The first-order valence-corrected chi connectivity index (χ1v) is 5.92. The van der Waals surface area contributed by atoms with Gasteiger partial charge in [0.25, 0.3) is 0 Å². The van der Waals surface area contributed by atoms with Crippen molar-refractivity contribution in [1.82, 2.24) is 4.98 Å². The number of hydrogen-bond acceptors (Lipinski definition) is 4. The number of aromatic nitrogens is 1. The first-order chi connectivity index (χ1) is 8.22. The molecule has 0 bridgehead atoms. The molecule has 1 atom stereocenters. The van der Waals surface area contributed by atoms with Crippen molar-refractivity contribution < 1.29 is 9.15 Å². The van der Waals surface area contributed by atoms with Gasteiger partial charge >= 0.3 is 0 Å². The average Bonchev–Trinajstić information content (AvgIpc) is 2.69. The maximum absolute atomic E-state index is 5.97. The van der Waals surface area contributed by atoms with Gasteiger partial charge in [0, 0.05) is 18.5 Å². The maximum Gasteiger partial charge on any atom is 0.197 e. The van der Waals surface area contributed by atoms with Gasteiger partial charge < -0.3 is 14.9 Å². The van der Waals surface area contributed by atoms with Crippen molar-refractivity contribution in [3.63, 3.8) is 0 Å². The predicted octanol–water partition coefficient (Wildman–Crippen LogP) is 2.51. The number of benzene rings is 1. The van der Waals surface area contributed by atoms with Crippen molar-refractivity contribution in [2.24, 2.45) is 5.73 Å². The third-order valence-corrected chi connectivity index (χ3v) is 2.74. The fourth-order valence-electron chi connectivity index (χ4n) is 1.87. The van der Waals surface area contributed by atoms with E-state index < -0.39 is 0 Å². The fourth-order valence-corrected chi connectivity index (χ4v) is 1.87. The van der Waals surface area contributed by atoms with Gasteiger partial charge in [-0.15, -0.1) is 0 Å². The molecule has 1 unspecified atom stereocenters. The lowest BCUT2D eigenvalue weighted by Gasteiger charge is -2.05. The Hall–Kier alpha value is -1.55. The summed E-state index contributed by atoms with van der Waals surface area (Å²) in [6, 6.07) is 5.72. The van der Waals surface area contributed by atoms with E-state index in [1.807, 2.05) is 18.2 Å². The second-order valence-corrected chi connectivity index (χ2v) is 4.19. The Bertz CT molecular complexity index is 493. The molecular formula is C13H18N2O2. The monoisotopic (exact) mass is 234 g/mol. The summed E-state index contributed by atoms with van der Waals surface area (Å²) in [6.07, 6.45) is 2.75. The summed E-state index contributed by atoms with van der Waals surface area (Å²) in [6.45, 7) is 2.12. The molecule has 0 fully saturated rings. The van der Waals surface area contributed by atoms with Gasteiger partial charge in [-0.2, -0.15) is 0 Å². The smallest absolute Gasteiger partial charge is 0.197 e. The number of methoxy groups -OCH3 is 1. The summed E-state index contributed by atoms with van der Waals surface area (Å²) in [5.41, 5.74) is 7.57. The van der Waals surface area contributed by atoms with E-state index in [0.717, 1.165) is 29.7 Å². The predicted molar refractivity (Wildman–Crippen MR) is 67.1 cm³/mol. The van der Waals surface area contributed by atoms with Crippen molar-refractivity contribution >= 4 is 11.1 Å². The molecule has 0 saturated heterocycles. The van der Waals surface area contributed by atoms with Crippen molar-refractivity contribution in [2.45, 2.75) is 32.2 Å². The van der Waals surface area contributed by atoms with Crippen molar-refractivity contribution in [3.8, 4) is 5.75 Å². The summed E-state index contributed by atoms with van der Waals surface area (Å²) in [5.74, 6) is 1.49. The van der Waals surface area contributed by atoms with Gasteiger partial charge in [0.1, 0.15) is 11.3 Å². The molecule has 1 aromatic heterocycles. The van der Waals surface area contributed by atoms with Crippen LogP contribution in [0.5, 0.6) is 5.75 Å². The van der Waals surface area contributed by atoms with Gasteiger partial charge in [0.15, 0.2) is 11.5 Å². The molecule has 92 valence electrons. The van der Waals surface area contributed by atoms with Crippen LogP contribution in [0.25, 0.3) is 11.1 Å². The lowest BCUT2D eigenvalue weighted by Crippen LogP contribution is -2.22. The Kier molecular flexibility index (Phi) is 3.64. The Balaban J connectivity index is 2.19. The van der Waals surface area contributed by atoms with Gasteiger partial charge in [-0.05, 0) is 18.6 Å². The summed E-state index contributed by atoms with van der Waals surface area (Å²) in [7, 11) is 1.64. The van der Waals surface area contributed by atoms with Crippen LogP contribution >= 0.6 is 0 Å². The van der Waals surface area contributed by atoms with E-state index in [9.17, 15) is 0 Å². The zero-order valence-electron chi connectivity index (χ0n) is 10.3. The number of fused-ring (bicyclic) bond motifs is 1. The highest BCUT2D eigenvalue weighted by Crippen LogP contribution is 2.21. The van der Waals surface area contributed by atoms with E-state index in [1.165, 1.54) is 0 Å². The number of rotatable bonds is 5. The fraction of sp³-hybridized carbons (Fsp3) is 0.462. The molecule has 0 radical (unpaired) electrons. The zero-order chi connectivity index (χ0) is 12.3. The van der Waals surface area contributed by atoms with E-state index in [-0.39, 0.29) is 6.04 Å². The zero-order valence-corrected chi connectivity index (χ0v) is 10.3. The molecular weight excluding hydrogens is 216 g/mol. The van der Waals surface area contributed by atoms with E-state index in [2.05, 4.69) is 11.9 Å². The van der Waals surface area contributed by atoms with Crippen LogP contribution in [-0.2, 0) is 6.42 Å². The molecule has 17 heavy (non-hydrogen) atoms. The number of nitrogens with zero attached hydrogens (tertiary/aromatic N) is 1. The Morgan fingerprint density at radius 3 is 3.00 bits per heavy atom. The number of ether oxygens (including phenoxy) is 1. The first kappa shape index (κ1) is 11.9. The summed E-state index contributed by atoms with van der Waals surface area (Å²) in [5, 5.41) is 0. The molecule has 0 aliphatic carbocycles. The van der Waals surface area contributed by atoms with E-state index >= 15 is 0 Å². The number of hydrogen-bond donors (Lipinski definition) is 1. The second-order valence-electron chi connectivity index (χ2n) is 4.19. The van der Waals surface area contributed by atoms with Gasteiger partial charge in [-0.25, -0.2) is 4.98 Å². The minimum absolute atomic E-state index is 0.120. The minimum Gasteiger partial charge on any atom is -0.497 e. The molecule has 2 N–H and O–H groups in total. The van der Waals surface area contributed by atoms with Crippen molar-refractivity contribution in [1.29, 1.82) is 0 Å². The van der Waals surface area contributed by atoms with Crippen LogP contribution in [0.4, 0.5) is 0 Å². The van der Waals surface area contributed by atoms with Gasteiger partial charge in [-0.1, -0.05) is 13.3 Å². The molecule has 2 aromatic rings. The quantitative estimate of drug-likeness (QED) is 0.863. The van der Waals surface area contributed by atoms with Crippen LogP contribution in [-0.4, -0.2) is 18.1 Å². The van der Waals surface area contributed by atoms with Crippen LogP contribution < -0.4 is 10.5 Å². The van der Waals surface area contributed by atoms with Gasteiger partial charge in [0.05, 0.1) is 7.11 Å². The van der Waals surface area contributed by atoms with E-state index in [4.69, 9.17) is 14.9 Å². The highest BCUT2D eigenvalue weighted by atomic mass is 16.5. The molecule has 4 heteroatoms. The third-order valence-electron chi connectivity index (χ3n) is 2.74. The van der Waals surface area contributed by atoms with Crippen molar-refractivity contribution in [2.75, 3.05) is 7.11 Å². The van der Waals surface area contributed by atoms with Gasteiger partial charge in [0.2, 0.25) is 0 Å². The topological polar surface area (TPSA) is 61.3 Å². The lowest BCUT2D eigenvalue weighted by atomic mass is 10.1. The minimum atomic E-state index is 0.120. The SMILES string of the molecule is CCCC(N)Cc1nc2cc(OC)ccc2o1. The maximum atomic E-state index is 5.97. The third kappa shape index (κ3) is 2.77. The van der Waals surface area contributed by atoms with Crippen LogP contribution in [0, 0.1) is 0 Å². The normalized spacial score (nSPS) is 12.9. The largest absolute Gasteiger partial charge is 0.497 e. The summed E-state index contributed by atoms with van der Waals surface area (Å²) < 4.78 is 10.8. The summed E-state index contributed by atoms with van der Waals surface area (Å²) >= 11 is 0. The summed E-state index contributed by atoms with van der Waals surface area (Å²) in [4.78, 5) is 4.42. The first-order valence-electron chi connectivity index (χ1n) is 5.92. The lowest BCUT2D eigenvalue weighted by molar-refractivity contribution is 0.415. The molecule has 0 amide bonds. The Morgan fingerprint density at radius 1 is 1.47 bits per heavy atom. The number of oxazole rings is 1. The molecule has 4 nitrogen and oxygen atoms in total. The molecule has 1 aromatic carbocycles. The molecule has 0 aliphatic rings. The van der Waals surface area contributed by atoms with Crippen molar-refractivity contribution in [3.05, 3.63) is 24.1 Å². The molecule has 0 aliphatic heterocycles. The van der Waals surface area contributed by atoms with Crippen LogP contribution in [0.1, 0.15) is 25.7 Å². The Morgan fingerprint density at radius 2 is 2.29 bits per heavy atom. The van der Waals surface area contributed by atoms with Crippen LogP contribution in [0.15, 0.2) is 22.6 Å². The number of nitrogens with two attached hydrogens (primary N) is 1. The van der Waals surface area contributed by atoms with Crippen LogP contribution in [0.2, 0.25) is 0 Å². The molecule has 1 heterocycles. The highest BCUT2D eigenvalue weighted by Gasteiger charge is 2.10.